The van der Waals surface area contributed by atoms with Crippen molar-refractivity contribution in [3.63, 3.8) is 0 Å². The summed E-state index contributed by atoms with van der Waals surface area (Å²) in [5, 5.41) is 12.7. The number of anilines is 2. The zero-order chi connectivity index (χ0) is 18.4. The van der Waals surface area contributed by atoms with Crippen LogP contribution in [0, 0.1) is 11.3 Å². The lowest BCUT2D eigenvalue weighted by Crippen LogP contribution is -2.30. The third-order valence-corrected chi connectivity index (χ3v) is 4.58. The van der Waals surface area contributed by atoms with E-state index in [1.807, 2.05) is 12.3 Å². The molecular weight excluding hydrogens is 328 g/mol. The molecule has 1 aliphatic heterocycles. The predicted molar refractivity (Wildman–Crippen MR) is 101 cm³/mol. The molecule has 0 spiro atoms. The highest BCUT2D eigenvalue weighted by Gasteiger charge is 2.17. The third kappa shape index (κ3) is 4.03. The number of nitriles is 1. The minimum Gasteiger partial charge on any atom is -0.480 e. The lowest BCUT2D eigenvalue weighted by Gasteiger charge is -2.24. The average molecular weight is 352 g/mol. The van der Waals surface area contributed by atoms with E-state index in [1.54, 1.807) is 12.3 Å². The van der Waals surface area contributed by atoms with Crippen molar-refractivity contribution in [2.45, 2.75) is 13.0 Å². The number of rotatable bonds is 5. The molecule has 0 saturated carbocycles. The smallest absolute Gasteiger partial charge is 0.233 e. The molecule has 2 aromatic heterocycles. The van der Waals surface area contributed by atoms with Gasteiger partial charge in [0.2, 0.25) is 5.88 Å². The fourth-order valence-corrected chi connectivity index (χ4v) is 3.15. The normalized spacial score (nSPS) is 15.2. The van der Waals surface area contributed by atoms with Crippen molar-refractivity contribution in [2.75, 3.05) is 50.6 Å². The second kappa shape index (κ2) is 8.50. The summed E-state index contributed by atoms with van der Waals surface area (Å²) in [4.78, 5) is 13.4. The topological polar surface area (TPSA) is 77.3 Å². The van der Waals surface area contributed by atoms with Gasteiger partial charge in [-0.05, 0) is 32.1 Å². The minimum absolute atomic E-state index is 0.333. The second-order valence-electron chi connectivity index (χ2n) is 6.34. The van der Waals surface area contributed by atoms with Crippen LogP contribution in [-0.4, -0.2) is 55.2 Å². The molecule has 2 aromatic rings. The molecule has 0 atom stereocenters. The van der Waals surface area contributed by atoms with Gasteiger partial charge in [0.1, 0.15) is 17.5 Å². The van der Waals surface area contributed by atoms with E-state index in [1.165, 1.54) is 7.11 Å². The Balaban J connectivity index is 1.78. The highest BCUT2D eigenvalue weighted by atomic mass is 16.5. The maximum atomic E-state index is 9.41. The summed E-state index contributed by atoms with van der Waals surface area (Å²) in [7, 11) is 3.67. The van der Waals surface area contributed by atoms with Crippen LogP contribution in [0.1, 0.15) is 17.5 Å². The fraction of sp³-hybridized carbons (Fsp3) is 0.421. The molecule has 0 aromatic carbocycles. The molecule has 136 valence electrons. The molecule has 7 heteroatoms. The average Bonchev–Trinajstić information content (AvgIpc) is 2.90. The van der Waals surface area contributed by atoms with Crippen LogP contribution in [0.5, 0.6) is 5.88 Å². The molecule has 1 aliphatic rings. The maximum Gasteiger partial charge on any atom is 0.233 e. The number of methoxy groups -OCH3 is 1. The van der Waals surface area contributed by atoms with E-state index >= 15 is 0 Å². The van der Waals surface area contributed by atoms with Gasteiger partial charge >= 0.3 is 0 Å². The number of nitrogens with zero attached hydrogens (tertiary/aromatic N) is 5. The van der Waals surface area contributed by atoms with E-state index in [0.29, 0.717) is 23.7 Å². The summed E-state index contributed by atoms with van der Waals surface area (Å²) in [6.45, 7) is 4.69. The van der Waals surface area contributed by atoms with Gasteiger partial charge in [0.15, 0.2) is 0 Å². The van der Waals surface area contributed by atoms with Crippen molar-refractivity contribution in [3.8, 4) is 11.9 Å². The number of likely N-dealkylation sites (N-methyl/N-ethyl adjacent to an activating group) is 1. The lowest BCUT2D eigenvalue weighted by molar-refractivity contribution is 0.360. The number of hydrogen-bond acceptors (Lipinski definition) is 7. The molecule has 0 aliphatic carbocycles. The fourth-order valence-electron chi connectivity index (χ4n) is 3.15. The Kier molecular flexibility index (Phi) is 5.87. The largest absolute Gasteiger partial charge is 0.480 e. The first-order valence-corrected chi connectivity index (χ1v) is 8.77. The van der Waals surface area contributed by atoms with Crippen molar-refractivity contribution >= 4 is 11.5 Å². The summed E-state index contributed by atoms with van der Waals surface area (Å²) in [5.74, 6) is 1.34. The van der Waals surface area contributed by atoms with Gasteiger partial charge in [-0.1, -0.05) is 6.07 Å². The predicted octanol–water partition coefficient (Wildman–Crippen LogP) is 2.11. The van der Waals surface area contributed by atoms with E-state index in [9.17, 15) is 5.26 Å². The zero-order valence-corrected chi connectivity index (χ0v) is 15.3. The van der Waals surface area contributed by atoms with E-state index in [0.717, 1.165) is 44.0 Å². The third-order valence-electron chi connectivity index (χ3n) is 4.58. The van der Waals surface area contributed by atoms with E-state index in [4.69, 9.17) is 4.74 Å². The van der Waals surface area contributed by atoms with Gasteiger partial charge in [0, 0.05) is 44.1 Å². The van der Waals surface area contributed by atoms with E-state index in [2.05, 4.69) is 44.3 Å². The molecule has 0 radical (unpaired) electrons. The Bertz CT molecular complexity index is 788. The zero-order valence-electron chi connectivity index (χ0n) is 15.3. The Morgan fingerprint density at radius 2 is 2.08 bits per heavy atom. The molecule has 0 unspecified atom stereocenters. The standard InChI is InChI=1S/C19H24N6O/c1-24-9-4-10-25(12-11-24)18-15(5-3-7-21-18)14-23-17-6-8-22-19(26-2)16(17)13-20/h3,5-8H,4,9-12,14H2,1-2H3,(H,22,23). The molecular formula is C19H24N6O. The van der Waals surface area contributed by atoms with Gasteiger partial charge < -0.3 is 19.9 Å². The number of ether oxygens (including phenoxy) is 1. The van der Waals surface area contributed by atoms with Crippen molar-refractivity contribution in [1.29, 1.82) is 5.26 Å². The Morgan fingerprint density at radius 1 is 1.19 bits per heavy atom. The van der Waals surface area contributed by atoms with Crippen LogP contribution in [-0.2, 0) is 6.54 Å². The van der Waals surface area contributed by atoms with Crippen LogP contribution in [0.3, 0.4) is 0 Å². The summed E-state index contributed by atoms with van der Waals surface area (Å²) in [6, 6.07) is 7.98. The number of hydrogen-bond donors (Lipinski definition) is 1. The first-order chi connectivity index (χ1) is 12.7. The molecule has 1 N–H and O–H groups in total. The monoisotopic (exact) mass is 352 g/mol. The van der Waals surface area contributed by atoms with Crippen LogP contribution in [0.15, 0.2) is 30.6 Å². The molecule has 26 heavy (non-hydrogen) atoms. The SMILES string of the molecule is COc1nccc(NCc2cccnc2N2CCCN(C)CC2)c1C#N. The van der Waals surface area contributed by atoms with Crippen molar-refractivity contribution in [3.05, 3.63) is 41.7 Å². The molecule has 1 saturated heterocycles. The quantitative estimate of drug-likeness (QED) is 0.883. The highest BCUT2D eigenvalue weighted by molar-refractivity contribution is 5.62. The lowest BCUT2D eigenvalue weighted by atomic mass is 10.2. The van der Waals surface area contributed by atoms with Crippen molar-refractivity contribution in [1.82, 2.24) is 14.9 Å². The van der Waals surface area contributed by atoms with Gasteiger partial charge in [-0.2, -0.15) is 5.26 Å². The van der Waals surface area contributed by atoms with Crippen molar-refractivity contribution in [2.24, 2.45) is 0 Å². The van der Waals surface area contributed by atoms with E-state index in [-0.39, 0.29) is 0 Å². The van der Waals surface area contributed by atoms with Crippen LogP contribution >= 0.6 is 0 Å². The first kappa shape index (κ1) is 18.0. The van der Waals surface area contributed by atoms with Crippen LogP contribution in [0.25, 0.3) is 0 Å². The summed E-state index contributed by atoms with van der Waals surface area (Å²) in [6.07, 6.45) is 4.60. The molecule has 0 bridgehead atoms. The first-order valence-electron chi connectivity index (χ1n) is 8.77. The Hall–Kier alpha value is -2.85. The van der Waals surface area contributed by atoms with Crippen molar-refractivity contribution < 1.29 is 4.74 Å². The Morgan fingerprint density at radius 3 is 2.88 bits per heavy atom. The number of pyridine rings is 2. The van der Waals surface area contributed by atoms with Gasteiger partial charge in [0.25, 0.3) is 0 Å². The Labute approximate surface area is 154 Å². The number of aromatic nitrogens is 2. The second-order valence-corrected chi connectivity index (χ2v) is 6.34. The molecule has 1 fully saturated rings. The van der Waals surface area contributed by atoms with Crippen LogP contribution in [0.4, 0.5) is 11.5 Å². The maximum absolute atomic E-state index is 9.41. The summed E-state index contributed by atoms with van der Waals surface area (Å²) >= 11 is 0. The van der Waals surface area contributed by atoms with Gasteiger partial charge in [0.05, 0.1) is 12.8 Å². The van der Waals surface area contributed by atoms with Crippen LogP contribution in [0.2, 0.25) is 0 Å². The molecule has 3 heterocycles. The van der Waals surface area contributed by atoms with E-state index < -0.39 is 0 Å². The minimum atomic E-state index is 0.333. The summed E-state index contributed by atoms with van der Waals surface area (Å²) < 4.78 is 5.17. The molecule has 3 rings (SSSR count). The van der Waals surface area contributed by atoms with Gasteiger partial charge in [-0.25, -0.2) is 9.97 Å². The summed E-state index contributed by atoms with van der Waals surface area (Å²) in [5.41, 5.74) is 2.23. The molecule has 7 nitrogen and oxygen atoms in total. The van der Waals surface area contributed by atoms with Gasteiger partial charge in [-0.15, -0.1) is 0 Å². The van der Waals surface area contributed by atoms with Gasteiger partial charge in [-0.3, -0.25) is 0 Å². The molecule has 0 amide bonds. The number of nitrogens with one attached hydrogen (secondary N) is 1. The highest BCUT2D eigenvalue weighted by Crippen LogP contribution is 2.25. The van der Waals surface area contributed by atoms with Crippen LogP contribution < -0.4 is 15.0 Å².